The molecule has 1 saturated carbocycles. The van der Waals surface area contributed by atoms with Crippen LogP contribution < -0.4 is 0 Å². The molecule has 3 heteroatoms. The van der Waals surface area contributed by atoms with E-state index in [2.05, 4.69) is 0 Å². The molecular formula is C13H18Cl2O. The second kappa shape index (κ2) is 5.46. The third-order valence-electron chi connectivity index (χ3n) is 3.86. The van der Waals surface area contributed by atoms with Gasteiger partial charge in [0.1, 0.15) is 5.76 Å². The van der Waals surface area contributed by atoms with Gasteiger partial charge < -0.3 is 4.42 Å². The summed E-state index contributed by atoms with van der Waals surface area (Å²) in [7, 11) is 0. The van der Waals surface area contributed by atoms with E-state index in [1.54, 1.807) is 6.26 Å². The Hall–Kier alpha value is -0.140. The van der Waals surface area contributed by atoms with Crippen LogP contribution in [0.3, 0.4) is 0 Å². The van der Waals surface area contributed by atoms with Crippen LogP contribution >= 0.6 is 23.2 Å². The van der Waals surface area contributed by atoms with E-state index in [4.69, 9.17) is 27.6 Å². The third kappa shape index (κ3) is 2.41. The molecule has 90 valence electrons. The Morgan fingerprint density at radius 1 is 1.25 bits per heavy atom. The first-order chi connectivity index (χ1) is 7.80. The van der Waals surface area contributed by atoms with Crippen molar-refractivity contribution >= 4 is 23.2 Å². The van der Waals surface area contributed by atoms with Crippen molar-refractivity contribution in [3.8, 4) is 0 Å². The molecule has 0 atom stereocenters. The maximum Gasteiger partial charge on any atom is 0.104 e. The van der Waals surface area contributed by atoms with E-state index in [0.717, 1.165) is 12.2 Å². The van der Waals surface area contributed by atoms with Crippen molar-refractivity contribution < 1.29 is 4.42 Å². The second-order valence-electron chi connectivity index (χ2n) is 4.87. The van der Waals surface area contributed by atoms with Crippen molar-refractivity contribution in [2.45, 2.75) is 32.1 Å². The highest BCUT2D eigenvalue weighted by atomic mass is 35.5. The number of hydrogen-bond acceptors (Lipinski definition) is 1. The van der Waals surface area contributed by atoms with Crippen molar-refractivity contribution in [2.75, 3.05) is 11.8 Å². The minimum Gasteiger partial charge on any atom is -0.469 e. The zero-order chi connectivity index (χ0) is 11.4. The van der Waals surface area contributed by atoms with Gasteiger partial charge in [0.05, 0.1) is 6.26 Å². The van der Waals surface area contributed by atoms with Gasteiger partial charge in [-0.25, -0.2) is 0 Å². The Morgan fingerprint density at radius 3 is 2.44 bits per heavy atom. The van der Waals surface area contributed by atoms with Crippen LogP contribution in [0, 0.1) is 11.3 Å². The standard InChI is InChI=1S/C13H18Cl2O/c14-9-13(10-15,11-4-1-2-5-11)8-12-6-3-7-16-12/h3,6-7,11H,1-2,4-5,8-10H2. The van der Waals surface area contributed by atoms with Crippen molar-refractivity contribution in [2.24, 2.45) is 11.3 Å². The molecule has 0 saturated heterocycles. The maximum absolute atomic E-state index is 6.20. The summed E-state index contributed by atoms with van der Waals surface area (Å²) in [5.74, 6) is 2.92. The van der Waals surface area contributed by atoms with E-state index in [1.165, 1.54) is 25.7 Å². The lowest BCUT2D eigenvalue weighted by Gasteiger charge is -2.35. The van der Waals surface area contributed by atoms with Gasteiger partial charge in [-0.05, 0) is 30.9 Å². The number of hydrogen-bond donors (Lipinski definition) is 0. The fraction of sp³-hybridized carbons (Fsp3) is 0.692. The minimum absolute atomic E-state index is 0.0253. The summed E-state index contributed by atoms with van der Waals surface area (Å²) < 4.78 is 5.43. The monoisotopic (exact) mass is 260 g/mol. The lowest BCUT2D eigenvalue weighted by Crippen LogP contribution is -2.35. The van der Waals surface area contributed by atoms with Crippen LogP contribution in [-0.2, 0) is 6.42 Å². The number of furan rings is 1. The quantitative estimate of drug-likeness (QED) is 0.712. The maximum atomic E-state index is 6.20. The predicted octanol–water partition coefficient (Wildman–Crippen LogP) is 4.48. The van der Waals surface area contributed by atoms with Crippen LogP contribution in [0.15, 0.2) is 22.8 Å². The van der Waals surface area contributed by atoms with E-state index in [0.29, 0.717) is 17.7 Å². The molecule has 2 rings (SSSR count). The molecular weight excluding hydrogens is 243 g/mol. The van der Waals surface area contributed by atoms with Gasteiger partial charge in [0.15, 0.2) is 0 Å². The van der Waals surface area contributed by atoms with Crippen molar-refractivity contribution in [1.82, 2.24) is 0 Å². The Kier molecular flexibility index (Phi) is 4.21. The summed E-state index contributed by atoms with van der Waals surface area (Å²) in [4.78, 5) is 0. The van der Waals surface area contributed by atoms with Crippen LogP contribution in [-0.4, -0.2) is 11.8 Å². The minimum atomic E-state index is 0.0253. The van der Waals surface area contributed by atoms with E-state index < -0.39 is 0 Å². The molecule has 0 aromatic carbocycles. The SMILES string of the molecule is ClCC(CCl)(Cc1ccco1)C1CCCC1. The molecule has 1 aliphatic rings. The number of halogens is 2. The van der Waals surface area contributed by atoms with Crippen LogP contribution in [0.2, 0.25) is 0 Å². The van der Waals surface area contributed by atoms with Gasteiger partial charge in [-0.1, -0.05) is 12.8 Å². The van der Waals surface area contributed by atoms with E-state index >= 15 is 0 Å². The predicted molar refractivity (Wildman–Crippen MR) is 68.2 cm³/mol. The summed E-state index contributed by atoms with van der Waals surface area (Å²) in [6.45, 7) is 0. The number of alkyl halides is 2. The Morgan fingerprint density at radius 2 is 1.94 bits per heavy atom. The molecule has 0 amide bonds. The van der Waals surface area contributed by atoms with Gasteiger partial charge in [-0.15, -0.1) is 23.2 Å². The van der Waals surface area contributed by atoms with Crippen molar-refractivity contribution in [1.29, 1.82) is 0 Å². The normalized spacial score (nSPS) is 18.1. The van der Waals surface area contributed by atoms with E-state index in [-0.39, 0.29) is 5.41 Å². The first-order valence-corrected chi connectivity index (χ1v) is 7.02. The van der Waals surface area contributed by atoms with Gasteiger partial charge in [0.25, 0.3) is 0 Å². The molecule has 0 spiro atoms. The third-order valence-corrected chi connectivity index (χ3v) is 4.92. The molecule has 0 bridgehead atoms. The molecule has 1 nitrogen and oxygen atoms in total. The van der Waals surface area contributed by atoms with Gasteiger partial charge in [-0.2, -0.15) is 0 Å². The molecule has 0 unspecified atom stereocenters. The zero-order valence-electron chi connectivity index (χ0n) is 9.42. The molecule has 16 heavy (non-hydrogen) atoms. The van der Waals surface area contributed by atoms with Gasteiger partial charge in [-0.3, -0.25) is 0 Å². The summed E-state index contributed by atoms with van der Waals surface area (Å²) >= 11 is 12.4. The molecule has 1 aromatic rings. The van der Waals surface area contributed by atoms with Crippen LogP contribution in [0.1, 0.15) is 31.4 Å². The largest absolute Gasteiger partial charge is 0.469 e. The average Bonchev–Trinajstić information content (AvgIpc) is 2.99. The molecule has 1 heterocycles. The molecule has 0 radical (unpaired) electrons. The molecule has 1 fully saturated rings. The van der Waals surface area contributed by atoms with Gasteiger partial charge in [0.2, 0.25) is 0 Å². The first-order valence-electron chi connectivity index (χ1n) is 5.95. The Balaban J connectivity index is 2.13. The van der Waals surface area contributed by atoms with Crippen molar-refractivity contribution in [3.63, 3.8) is 0 Å². The topological polar surface area (TPSA) is 13.1 Å². The molecule has 1 aliphatic carbocycles. The zero-order valence-corrected chi connectivity index (χ0v) is 10.9. The van der Waals surface area contributed by atoms with E-state index in [9.17, 15) is 0 Å². The summed E-state index contributed by atoms with van der Waals surface area (Å²) in [6.07, 6.45) is 7.76. The lowest BCUT2D eigenvalue weighted by molar-refractivity contribution is 0.211. The fourth-order valence-corrected chi connectivity index (χ4v) is 3.70. The Bertz CT molecular complexity index is 298. The summed E-state index contributed by atoms with van der Waals surface area (Å²) in [5, 5.41) is 0. The molecule has 1 aromatic heterocycles. The molecule has 0 N–H and O–H groups in total. The second-order valence-corrected chi connectivity index (χ2v) is 5.40. The fourth-order valence-electron chi connectivity index (χ4n) is 2.79. The first kappa shape index (κ1) is 12.3. The van der Waals surface area contributed by atoms with Crippen molar-refractivity contribution in [3.05, 3.63) is 24.2 Å². The molecule has 0 aliphatic heterocycles. The smallest absolute Gasteiger partial charge is 0.104 e. The van der Waals surface area contributed by atoms with Crippen LogP contribution in [0.25, 0.3) is 0 Å². The summed E-state index contributed by atoms with van der Waals surface area (Å²) in [5.41, 5.74) is 0.0253. The Labute approximate surface area is 107 Å². The highest BCUT2D eigenvalue weighted by molar-refractivity contribution is 6.21. The highest BCUT2D eigenvalue weighted by Crippen LogP contribution is 2.44. The average molecular weight is 261 g/mol. The van der Waals surface area contributed by atoms with E-state index in [1.807, 2.05) is 12.1 Å². The van der Waals surface area contributed by atoms with Crippen LogP contribution in [0.4, 0.5) is 0 Å². The van der Waals surface area contributed by atoms with Gasteiger partial charge in [0, 0.05) is 23.6 Å². The number of rotatable bonds is 5. The van der Waals surface area contributed by atoms with Crippen LogP contribution in [0.5, 0.6) is 0 Å². The lowest BCUT2D eigenvalue weighted by atomic mass is 9.74. The van der Waals surface area contributed by atoms with Gasteiger partial charge >= 0.3 is 0 Å². The highest BCUT2D eigenvalue weighted by Gasteiger charge is 2.39. The summed E-state index contributed by atoms with van der Waals surface area (Å²) in [6, 6.07) is 3.94.